The summed E-state index contributed by atoms with van der Waals surface area (Å²) in [5, 5.41) is 0. The molecule has 0 radical (unpaired) electrons. The average Bonchev–Trinajstić information content (AvgIpc) is 2.68. The van der Waals surface area contributed by atoms with Crippen LogP contribution in [0, 0.1) is 47.4 Å². The highest BCUT2D eigenvalue weighted by molar-refractivity contribution is 5.52. The van der Waals surface area contributed by atoms with E-state index in [1.165, 1.54) is 0 Å². The van der Waals surface area contributed by atoms with Crippen LogP contribution in [0.4, 0.5) is 0 Å². The summed E-state index contributed by atoms with van der Waals surface area (Å²) < 4.78 is 11.2. The van der Waals surface area contributed by atoms with Crippen molar-refractivity contribution in [2.45, 2.75) is 13.8 Å². The minimum Gasteiger partial charge on any atom is -0.480 e. The van der Waals surface area contributed by atoms with Gasteiger partial charge in [-0.2, -0.15) is 0 Å². The molecule has 0 bridgehead atoms. The molecular formula is C24H18O2. The van der Waals surface area contributed by atoms with Crippen LogP contribution in [0.5, 0.6) is 11.5 Å². The van der Waals surface area contributed by atoms with E-state index >= 15 is 0 Å². The Morgan fingerprint density at radius 2 is 1.08 bits per heavy atom. The lowest BCUT2D eigenvalue weighted by atomic mass is 10.2. The van der Waals surface area contributed by atoms with Gasteiger partial charge in [0.25, 0.3) is 0 Å². The van der Waals surface area contributed by atoms with Gasteiger partial charge in [0.05, 0.1) is 11.1 Å². The van der Waals surface area contributed by atoms with E-state index < -0.39 is 0 Å². The highest BCUT2D eigenvalue weighted by Crippen LogP contribution is 2.17. The smallest absolute Gasteiger partial charge is 0.149 e. The minimum absolute atomic E-state index is 0.340. The molecule has 0 spiro atoms. The van der Waals surface area contributed by atoms with Gasteiger partial charge in [0, 0.05) is 0 Å². The molecule has 126 valence electrons. The van der Waals surface area contributed by atoms with Gasteiger partial charge in [0.1, 0.15) is 24.7 Å². The first-order chi connectivity index (χ1) is 12.8. The van der Waals surface area contributed by atoms with Crippen LogP contribution in [0.3, 0.4) is 0 Å². The summed E-state index contributed by atoms with van der Waals surface area (Å²) in [4.78, 5) is 0. The molecule has 0 aliphatic heterocycles. The number of hydrogen-bond acceptors (Lipinski definition) is 2. The molecule has 0 aliphatic rings. The van der Waals surface area contributed by atoms with E-state index in [4.69, 9.17) is 9.47 Å². The van der Waals surface area contributed by atoms with E-state index in [2.05, 4.69) is 47.4 Å². The fraction of sp³-hybridized carbons (Fsp3) is 0.167. The zero-order valence-corrected chi connectivity index (χ0v) is 14.8. The van der Waals surface area contributed by atoms with Gasteiger partial charge < -0.3 is 9.47 Å². The number of para-hydroxylation sites is 2. The summed E-state index contributed by atoms with van der Waals surface area (Å²) in [7, 11) is 0. The standard InChI is InChI=1S/C24H18O2/c1-3-5-19-25-23-17-11-9-15-21(23)13-7-8-14-22-16-10-12-18-24(22)26-20-6-4-2/h9-12,15-18H,19-20H2,1-2H3. The highest BCUT2D eigenvalue weighted by Gasteiger charge is 1.99. The van der Waals surface area contributed by atoms with Crippen LogP contribution in [0.25, 0.3) is 0 Å². The van der Waals surface area contributed by atoms with Gasteiger partial charge in [-0.05, 0) is 61.8 Å². The third-order valence-electron chi connectivity index (χ3n) is 3.18. The molecule has 0 amide bonds. The maximum absolute atomic E-state index is 5.61. The molecule has 0 unspecified atom stereocenters. The van der Waals surface area contributed by atoms with Crippen LogP contribution in [0.2, 0.25) is 0 Å². The Hall–Kier alpha value is -3.72. The summed E-state index contributed by atoms with van der Waals surface area (Å²) >= 11 is 0. The summed E-state index contributed by atoms with van der Waals surface area (Å²) in [5.41, 5.74) is 1.56. The van der Waals surface area contributed by atoms with E-state index in [9.17, 15) is 0 Å². The Kier molecular flexibility index (Phi) is 7.84. The van der Waals surface area contributed by atoms with E-state index in [-0.39, 0.29) is 0 Å². The quantitative estimate of drug-likeness (QED) is 0.788. The van der Waals surface area contributed by atoms with Gasteiger partial charge in [-0.15, -0.1) is 11.8 Å². The molecule has 0 saturated heterocycles. The van der Waals surface area contributed by atoms with Gasteiger partial charge in [0.15, 0.2) is 0 Å². The predicted octanol–water partition coefficient (Wildman–Crippen LogP) is 3.89. The van der Waals surface area contributed by atoms with Gasteiger partial charge >= 0.3 is 0 Å². The lowest BCUT2D eigenvalue weighted by Crippen LogP contribution is -1.96. The normalized spacial score (nSPS) is 8.23. The van der Waals surface area contributed by atoms with Crippen molar-refractivity contribution >= 4 is 0 Å². The van der Waals surface area contributed by atoms with Crippen molar-refractivity contribution < 1.29 is 9.47 Å². The molecule has 0 N–H and O–H groups in total. The number of rotatable bonds is 4. The van der Waals surface area contributed by atoms with Crippen LogP contribution in [0.1, 0.15) is 25.0 Å². The van der Waals surface area contributed by atoms with Gasteiger partial charge in [0.2, 0.25) is 0 Å². The largest absolute Gasteiger partial charge is 0.480 e. The maximum Gasteiger partial charge on any atom is 0.149 e. The summed E-state index contributed by atoms with van der Waals surface area (Å²) in [6.07, 6.45) is 0. The van der Waals surface area contributed by atoms with Crippen LogP contribution < -0.4 is 9.47 Å². The van der Waals surface area contributed by atoms with Crippen molar-refractivity contribution in [1.82, 2.24) is 0 Å². The fourth-order valence-electron chi connectivity index (χ4n) is 1.96. The second kappa shape index (κ2) is 10.9. The summed E-state index contributed by atoms with van der Waals surface area (Å²) in [6, 6.07) is 15.1. The van der Waals surface area contributed by atoms with Crippen molar-refractivity contribution in [1.29, 1.82) is 0 Å². The van der Waals surface area contributed by atoms with Gasteiger partial charge in [-0.1, -0.05) is 36.1 Å². The molecule has 2 rings (SSSR count). The van der Waals surface area contributed by atoms with Crippen molar-refractivity contribution in [2.24, 2.45) is 0 Å². The Balaban J connectivity index is 2.14. The molecule has 0 aliphatic carbocycles. The lowest BCUT2D eigenvalue weighted by Gasteiger charge is -2.04. The third kappa shape index (κ3) is 6.06. The van der Waals surface area contributed by atoms with Crippen molar-refractivity contribution in [2.75, 3.05) is 13.2 Å². The van der Waals surface area contributed by atoms with E-state index in [0.717, 1.165) is 11.1 Å². The Labute approximate surface area is 155 Å². The molecule has 0 atom stereocenters. The highest BCUT2D eigenvalue weighted by atomic mass is 16.5. The zero-order chi connectivity index (χ0) is 18.5. The maximum atomic E-state index is 5.61. The zero-order valence-electron chi connectivity index (χ0n) is 14.8. The van der Waals surface area contributed by atoms with E-state index in [0.29, 0.717) is 24.7 Å². The second-order valence-corrected chi connectivity index (χ2v) is 4.92. The average molecular weight is 338 g/mol. The molecule has 0 saturated carbocycles. The molecular weight excluding hydrogens is 320 g/mol. The Bertz CT molecular complexity index is 903. The fourth-order valence-corrected chi connectivity index (χ4v) is 1.96. The van der Waals surface area contributed by atoms with Gasteiger partial charge in [-0.3, -0.25) is 0 Å². The molecule has 2 nitrogen and oxygen atoms in total. The third-order valence-corrected chi connectivity index (χ3v) is 3.18. The number of benzene rings is 2. The SMILES string of the molecule is CC#CCOc1ccccc1C#CC#Cc1ccccc1OCC#CC. The second-order valence-electron chi connectivity index (χ2n) is 4.92. The number of ether oxygens (including phenoxy) is 2. The summed E-state index contributed by atoms with van der Waals surface area (Å²) in [6.45, 7) is 4.24. The Morgan fingerprint density at radius 1 is 0.654 bits per heavy atom. The lowest BCUT2D eigenvalue weighted by molar-refractivity contribution is 0.369. The molecule has 2 heteroatoms. The molecule has 0 aromatic heterocycles. The van der Waals surface area contributed by atoms with Crippen molar-refractivity contribution in [3.8, 4) is 58.9 Å². The van der Waals surface area contributed by atoms with Crippen LogP contribution in [0.15, 0.2) is 48.5 Å². The molecule has 2 aromatic carbocycles. The van der Waals surface area contributed by atoms with Gasteiger partial charge in [-0.25, -0.2) is 0 Å². The predicted molar refractivity (Wildman–Crippen MR) is 105 cm³/mol. The van der Waals surface area contributed by atoms with Crippen molar-refractivity contribution in [3.63, 3.8) is 0 Å². The van der Waals surface area contributed by atoms with Crippen LogP contribution in [-0.2, 0) is 0 Å². The Morgan fingerprint density at radius 3 is 1.50 bits per heavy atom. The number of hydrogen-bond donors (Lipinski definition) is 0. The first-order valence-electron chi connectivity index (χ1n) is 8.10. The minimum atomic E-state index is 0.340. The van der Waals surface area contributed by atoms with Crippen molar-refractivity contribution in [3.05, 3.63) is 59.7 Å². The first kappa shape index (κ1) is 18.6. The molecule has 2 aromatic rings. The van der Waals surface area contributed by atoms with E-state index in [1.807, 2.05) is 48.5 Å². The molecule has 0 fully saturated rings. The molecule has 26 heavy (non-hydrogen) atoms. The van der Waals surface area contributed by atoms with Crippen LogP contribution in [-0.4, -0.2) is 13.2 Å². The molecule has 0 heterocycles. The first-order valence-corrected chi connectivity index (χ1v) is 8.10. The van der Waals surface area contributed by atoms with Crippen LogP contribution >= 0.6 is 0 Å². The monoisotopic (exact) mass is 338 g/mol. The van der Waals surface area contributed by atoms with E-state index in [1.54, 1.807) is 13.8 Å². The topological polar surface area (TPSA) is 18.5 Å². The summed E-state index contributed by atoms with van der Waals surface area (Å²) in [5.74, 6) is 24.5.